The first-order chi connectivity index (χ1) is 9.80. The molecule has 1 saturated heterocycles. The minimum absolute atomic E-state index is 0.290. The van der Waals surface area contributed by atoms with Gasteiger partial charge in [0.15, 0.2) is 0 Å². The molecule has 1 aromatic rings. The summed E-state index contributed by atoms with van der Waals surface area (Å²) < 4.78 is 33.0. The maximum atomic E-state index is 13.1. The number of nitrogens with zero attached hydrogens (tertiary/aromatic N) is 2. The van der Waals surface area contributed by atoms with Gasteiger partial charge in [0, 0.05) is 13.1 Å². The lowest BCUT2D eigenvalue weighted by Gasteiger charge is -2.40. The van der Waals surface area contributed by atoms with Gasteiger partial charge >= 0.3 is 0 Å². The van der Waals surface area contributed by atoms with Crippen molar-refractivity contribution in [3.63, 3.8) is 0 Å². The van der Waals surface area contributed by atoms with E-state index in [0.717, 1.165) is 6.54 Å². The van der Waals surface area contributed by atoms with Crippen LogP contribution >= 0.6 is 0 Å². The van der Waals surface area contributed by atoms with Crippen LogP contribution < -0.4 is 5.32 Å². The summed E-state index contributed by atoms with van der Waals surface area (Å²) in [6, 6.07) is 0. The van der Waals surface area contributed by atoms with Gasteiger partial charge in [-0.3, -0.25) is 5.10 Å². The van der Waals surface area contributed by atoms with Crippen LogP contribution in [0.15, 0.2) is 4.90 Å². The first kappa shape index (κ1) is 16.4. The number of aromatic nitrogens is 2. The van der Waals surface area contributed by atoms with Crippen LogP contribution in [0.3, 0.4) is 0 Å². The second kappa shape index (κ2) is 6.04. The van der Waals surface area contributed by atoms with Crippen molar-refractivity contribution in [2.24, 2.45) is 0 Å². The number of rotatable bonds is 5. The minimum atomic E-state index is -3.60. The second-order valence-electron chi connectivity index (χ2n) is 5.85. The fourth-order valence-electron chi connectivity index (χ4n) is 2.57. The highest BCUT2D eigenvalue weighted by Crippen LogP contribution is 2.30. The van der Waals surface area contributed by atoms with Crippen molar-refractivity contribution >= 4 is 10.0 Å². The molecule has 1 fully saturated rings. The summed E-state index contributed by atoms with van der Waals surface area (Å²) in [6.07, 6.45) is 0. The van der Waals surface area contributed by atoms with E-state index in [1.807, 2.05) is 20.8 Å². The molecular formula is C13H24N4O3S. The third-order valence-corrected chi connectivity index (χ3v) is 5.94. The van der Waals surface area contributed by atoms with Crippen molar-refractivity contribution in [3.05, 3.63) is 11.4 Å². The summed E-state index contributed by atoms with van der Waals surface area (Å²) >= 11 is 0. The Morgan fingerprint density at radius 2 is 2.19 bits per heavy atom. The molecule has 8 heteroatoms. The molecule has 0 aromatic carbocycles. The van der Waals surface area contributed by atoms with Gasteiger partial charge in [0.1, 0.15) is 4.90 Å². The zero-order chi connectivity index (χ0) is 15.7. The lowest BCUT2D eigenvalue weighted by Crippen LogP contribution is -2.55. The predicted octanol–water partition coefficient (Wildman–Crippen LogP) is 0.627. The molecule has 1 aliphatic rings. The van der Waals surface area contributed by atoms with E-state index in [-0.39, 0.29) is 0 Å². The molecule has 2 rings (SSSR count). The Morgan fingerprint density at radius 3 is 2.81 bits per heavy atom. The summed E-state index contributed by atoms with van der Waals surface area (Å²) in [5.41, 5.74) is 0.554. The number of H-pyrrole nitrogens is 1. The zero-order valence-electron chi connectivity index (χ0n) is 13.1. The highest BCUT2D eigenvalue weighted by Gasteiger charge is 2.41. The Bertz CT molecular complexity index is 595. The number of ether oxygens (including phenoxy) is 1. The fourth-order valence-corrected chi connectivity index (χ4v) is 4.66. The Labute approximate surface area is 126 Å². The number of aromatic amines is 1. The fraction of sp³-hybridized carbons (Fsp3) is 0.769. The van der Waals surface area contributed by atoms with Crippen molar-refractivity contribution in [1.29, 1.82) is 0 Å². The Morgan fingerprint density at radius 1 is 1.48 bits per heavy atom. The zero-order valence-corrected chi connectivity index (χ0v) is 13.9. The maximum absolute atomic E-state index is 13.1. The summed E-state index contributed by atoms with van der Waals surface area (Å²) in [4.78, 5) is 0.290. The molecule has 0 radical (unpaired) electrons. The summed E-state index contributed by atoms with van der Waals surface area (Å²) in [5.74, 6) is 0. The highest BCUT2D eigenvalue weighted by molar-refractivity contribution is 7.89. The smallest absolute Gasteiger partial charge is 0.247 e. The monoisotopic (exact) mass is 316 g/mol. The van der Waals surface area contributed by atoms with Gasteiger partial charge in [-0.15, -0.1) is 0 Å². The van der Waals surface area contributed by atoms with E-state index in [2.05, 4.69) is 15.5 Å². The predicted molar refractivity (Wildman–Crippen MR) is 79.5 cm³/mol. The van der Waals surface area contributed by atoms with Crippen LogP contribution in [0.5, 0.6) is 0 Å². The first-order valence-electron chi connectivity index (χ1n) is 7.16. The number of morpholine rings is 1. The number of sulfonamides is 1. The molecule has 120 valence electrons. The van der Waals surface area contributed by atoms with Crippen molar-refractivity contribution in [1.82, 2.24) is 19.8 Å². The largest absolute Gasteiger partial charge is 0.378 e. The topological polar surface area (TPSA) is 87.3 Å². The normalized spacial score (nSPS) is 19.8. The Balaban J connectivity index is 2.41. The van der Waals surface area contributed by atoms with Crippen LogP contribution in [-0.4, -0.2) is 54.8 Å². The molecule has 21 heavy (non-hydrogen) atoms. The quantitative estimate of drug-likeness (QED) is 0.832. The van der Waals surface area contributed by atoms with Crippen LogP contribution in [0.1, 0.15) is 32.2 Å². The molecular weight excluding hydrogens is 292 g/mol. The molecule has 0 bridgehead atoms. The third-order valence-electron chi connectivity index (χ3n) is 3.62. The molecule has 2 heterocycles. The van der Waals surface area contributed by atoms with Gasteiger partial charge in [-0.1, -0.05) is 6.92 Å². The molecule has 0 aliphatic carbocycles. The number of nitrogens with one attached hydrogen (secondary N) is 2. The SMILES string of the molecule is CCNCc1n[nH]c(C)c1S(=O)(=O)N1CCOCC1(C)C. The molecule has 7 nitrogen and oxygen atoms in total. The average Bonchev–Trinajstić information content (AvgIpc) is 2.77. The van der Waals surface area contributed by atoms with Crippen molar-refractivity contribution in [3.8, 4) is 0 Å². The lowest BCUT2D eigenvalue weighted by atomic mass is 10.1. The standard InChI is InChI=1S/C13H24N4O3S/c1-5-14-8-11-12(10(2)15-16-11)21(18,19)17-6-7-20-9-13(17,3)4/h14H,5-9H2,1-4H3,(H,15,16). The molecule has 2 N–H and O–H groups in total. The molecule has 0 saturated carbocycles. The summed E-state index contributed by atoms with van der Waals surface area (Å²) in [6.45, 7) is 9.83. The van der Waals surface area contributed by atoms with Gasteiger partial charge < -0.3 is 10.1 Å². The maximum Gasteiger partial charge on any atom is 0.247 e. The summed E-state index contributed by atoms with van der Waals surface area (Å²) in [7, 11) is -3.60. The molecule has 0 atom stereocenters. The number of aryl methyl sites for hydroxylation is 1. The molecule has 0 spiro atoms. The molecule has 0 unspecified atom stereocenters. The number of hydrogen-bond donors (Lipinski definition) is 2. The van der Waals surface area contributed by atoms with Crippen LogP contribution in [0.25, 0.3) is 0 Å². The van der Waals surface area contributed by atoms with E-state index >= 15 is 0 Å². The van der Waals surface area contributed by atoms with Crippen LogP contribution in [0.2, 0.25) is 0 Å². The molecule has 1 aromatic heterocycles. The van der Waals surface area contributed by atoms with Gasteiger partial charge in [0.25, 0.3) is 0 Å². The first-order valence-corrected chi connectivity index (χ1v) is 8.60. The van der Waals surface area contributed by atoms with Crippen LogP contribution in [0.4, 0.5) is 0 Å². The van der Waals surface area contributed by atoms with Gasteiger partial charge in [0.2, 0.25) is 10.0 Å². The van der Waals surface area contributed by atoms with E-state index in [4.69, 9.17) is 4.74 Å². The second-order valence-corrected chi connectivity index (χ2v) is 7.65. The summed E-state index contributed by atoms with van der Waals surface area (Å²) in [5, 5.41) is 10.1. The molecule has 0 amide bonds. The van der Waals surface area contributed by atoms with Crippen molar-refractivity contribution in [2.75, 3.05) is 26.3 Å². The number of hydrogen-bond acceptors (Lipinski definition) is 5. The Hall–Kier alpha value is -0.960. The molecule has 1 aliphatic heterocycles. The van der Waals surface area contributed by atoms with Gasteiger partial charge in [-0.05, 0) is 27.3 Å². The van der Waals surface area contributed by atoms with E-state index in [9.17, 15) is 8.42 Å². The third kappa shape index (κ3) is 3.13. The van der Waals surface area contributed by atoms with Gasteiger partial charge in [0.05, 0.1) is 30.1 Å². The van der Waals surface area contributed by atoms with E-state index < -0.39 is 15.6 Å². The van der Waals surface area contributed by atoms with Crippen molar-refractivity contribution in [2.45, 2.75) is 44.7 Å². The van der Waals surface area contributed by atoms with Crippen molar-refractivity contribution < 1.29 is 13.2 Å². The minimum Gasteiger partial charge on any atom is -0.378 e. The van der Waals surface area contributed by atoms with E-state index in [1.165, 1.54) is 4.31 Å². The van der Waals surface area contributed by atoms with Gasteiger partial charge in [-0.25, -0.2) is 8.42 Å². The van der Waals surface area contributed by atoms with Crippen LogP contribution in [0, 0.1) is 6.92 Å². The van der Waals surface area contributed by atoms with Gasteiger partial charge in [-0.2, -0.15) is 9.40 Å². The highest BCUT2D eigenvalue weighted by atomic mass is 32.2. The Kier molecular flexibility index (Phi) is 4.72. The lowest BCUT2D eigenvalue weighted by molar-refractivity contribution is -0.00774. The van der Waals surface area contributed by atoms with Crippen LogP contribution in [-0.2, 0) is 21.3 Å². The van der Waals surface area contributed by atoms with E-state index in [1.54, 1.807) is 6.92 Å². The van der Waals surface area contributed by atoms with E-state index in [0.29, 0.717) is 42.6 Å². The average molecular weight is 316 g/mol.